The van der Waals surface area contributed by atoms with E-state index in [2.05, 4.69) is 0 Å². The highest BCUT2D eigenvalue weighted by Gasteiger charge is 2.38. The summed E-state index contributed by atoms with van der Waals surface area (Å²) in [6.45, 7) is 1.68. The smallest absolute Gasteiger partial charge is 0.333 e. The van der Waals surface area contributed by atoms with Crippen molar-refractivity contribution in [1.82, 2.24) is 0 Å². The number of methoxy groups -OCH3 is 2. The van der Waals surface area contributed by atoms with Crippen molar-refractivity contribution in [2.45, 2.75) is 19.3 Å². The highest BCUT2D eigenvalue weighted by molar-refractivity contribution is 5.91. The van der Waals surface area contributed by atoms with E-state index < -0.39 is 5.97 Å². The molecule has 0 bridgehead atoms. The van der Waals surface area contributed by atoms with Crippen molar-refractivity contribution in [3.63, 3.8) is 0 Å². The van der Waals surface area contributed by atoms with E-state index in [1.807, 2.05) is 0 Å². The van der Waals surface area contributed by atoms with Crippen LogP contribution in [0.2, 0.25) is 0 Å². The standard InChI is InChI=1S/C8H12O4/c1-6-4-7(9)5-8(10-2,11-3)12-6/h4H,5H2,1-3H3. The van der Waals surface area contributed by atoms with Crippen LogP contribution in [0.4, 0.5) is 0 Å². The lowest BCUT2D eigenvalue weighted by Gasteiger charge is -2.32. The first-order valence-corrected chi connectivity index (χ1v) is 3.62. The maximum atomic E-state index is 11.1. The van der Waals surface area contributed by atoms with Gasteiger partial charge in [-0.3, -0.25) is 4.79 Å². The number of ether oxygens (including phenoxy) is 3. The Morgan fingerprint density at radius 1 is 1.50 bits per heavy atom. The van der Waals surface area contributed by atoms with Gasteiger partial charge < -0.3 is 14.2 Å². The third-order valence-corrected chi connectivity index (χ3v) is 1.69. The van der Waals surface area contributed by atoms with Gasteiger partial charge >= 0.3 is 5.97 Å². The Morgan fingerprint density at radius 2 is 2.08 bits per heavy atom. The second-order valence-electron chi connectivity index (χ2n) is 2.59. The molecule has 1 aliphatic heterocycles. The molecule has 0 aromatic rings. The Labute approximate surface area is 71.1 Å². The van der Waals surface area contributed by atoms with Crippen LogP contribution in [0.3, 0.4) is 0 Å². The van der Waals surface area contributed by atoms with Crippen molar-refractivity contribution in [1.29, 1.82) is 0 Å². The molecule has 0 spiro atoms. The Bertz CT molecular complexity index is 215. The molecule has 0 unspecified atom stereocenters. The van der Waals surface area contributed by atoms with Crippen molar-refractivity contribution in [2.75, 3.05) is 14.2 Å². The van der Waals surface area contributed by atoms with Crippen molar-refractivity contribution in [3.8, 4) is 0 Å². The van der Waals surface area contributed by atoms with Crippen LogP contribution in [0.5, 0.6) is 0 Å². The lowest BCUT2D eigenvalue weighted by Crippen LogP contribution is -2.41. The number of carbonyl (C=O) groups is 1. The van der Waals surface area contributed by atoms with Crippen LogP contribution in [-0.2, 0) is 19.0 Å². The van der Waals surface area contributed by atoms with E-state index in [0.717, 1.165) is 0 Å². The van der Waals surface area contributed by atoms with E-state index in [-0.39, 0.29) is 12.2 Å². The molecule has 0 aliphatic carbocycles. The third kappa shape index (κ3) is 1.65. The molecule has 0 saturated carbocycles. The van der Waals surface area contributed by atoms with Gasteiger partial charge in [-0.1, -0.05) is 0 Å². The number of carbonyl (C=O) groups excluding carboxylic acids is 1. The van der Waals surface area contributed by atoms with E-state index >= 15 is 0 Å². The molecule has 4 heteroatoms. The Hall–Kier alpha value is -0.870. The Morgan fingerprint density at radius 3 is 2.50 bits per heavy atom. The molecule has 1 rings (SSSR count). The van der Waals surface area contributed by atoms with Gasteiger partial charge in [0.1, 0.15) is 12.2 Å². The first-order valence-electron chi connectivity index (χ1n) is 3.62. The molecular formula is C8H12O4. The van der Waals surface area contributed by atoms with Crippen LogP contribution in [0, 0.1) is 0 Å². The molecule has 1 aliphatic rings. The minimum absolute atomic E-state index is 0.0533. The molecule has 12 heavy (non-hydrogen) atoms. The first kappa shape index (κ1) is 9.22. The van der Waals surface area contributed by atoms with Crippen molar-refractivity contribution >= 4 is 5.78 Å². The molecule has 0 atom stereocenters. The summed E-state index contributed by atoms with van der Waals surface area (Å²) in [6, 6.07) is 0. The van der Waals surface area contributed by atoms with Gasteiger partial charge in [-0.15, -0.1) is 0 Å². The SMILES string of the molecule is COC1(OC)CC(=O)C=C(C)O1. The van der Waals surface area contributed by atoms with Gasteiger partial charge in [-0.05, 0) is 6.92 Å². The molecule has 0 fully saturated rings. The minimum Gasteiger partial charge on any atom is -0.443 e. The van der Waals surface area contributed by atoms with E-state index in [0.29, 0.717) is 5.76 Å². The van der Waals surface area contributed by atoms with Crippen molar-refractivity contribution in [2.24, 2.45) is 0 Å². The van der Waals surface area contributed by atoms with E-state index in [1.165, 1.54) is 20.3 Å². The normalized spacial score (nSPS) is 21.6. The topological polar surface area (TPSA) is 44.8 Å². The summed E-state index contributed by atoms with van der Waals surface area (Å²) in [6.07, 6.45) is 1.52. The predicted octanol–water partition coefficient (Wildman–Crippen LogP) is 0.826. The lowest BCUT2D eigenvalue weighted by atomic mass is 10.2. The monoisotopic (exact) mass is 172 g/mol. The maximum absolute atomic E-state index is 11.1. The van der Waals surface area contributed by atoms with Crippen LogP contribution >= 0.6 is 0 Å². The van der Waals surface area contributed by atoms with Crippen molar-refractivity contribution in [3.05, 3.63) is 11.8 Å². The second kappa shape index (κ2) is 3.25. The molecule has 4 nitrogen and oxygen atoms in total. The fourth-order valence-electron chi connectivity index (χ4n) is 1.11. The second-order valence-corrected chi connectivity index (χ2v) is 2.59. The van der Waals surface area contributed by atoms with Crippen LogP contribution < -0.4 is 0 Å². The summed E-state index contributed by atoms with van der Waals surface area (Å²) in [4.78, 5) is 11.1. The average molecular weight is 172 g/mol. The van der Waals surface area contributed by atoms with Crippen LogP contribution in [0.1, 0.15) is 13.3 Å². The highest BCUT2D eigenvalue weighted by atomic mass is 16.9. The summed E-state index contributed by atoms with van der Waals surface area (Å²) < 4.78 is 15.2. The van der Waals surface area contributed by atoms with Gasteiger partial charge in [-0.2, -0.15) is 0 Å². The molecular weight excluding hydrogens is 160 g/mol. The van der Waals surface area contributed by atoms with E-state index in [4.69, 9.17) is 14.2 Å². The zero-order chi connectivity index (χ0) is 9.19. The zero-order valence-electron chi connectivity index (χ0n) is 7.42. The summed E-state index contributed by atoms with van der Waals surface area (Å²) in [5.74, 6) is -0.756. The fraction of sp³-hybridized carbons (Fsp3) is 0.625. The average Bonchev–Trinajstić information content (AvgIpc) is 2.02. The number of hydrogen-bond donors (Lipinski definition) is 0. The van der Waals surface area contributed by atoms with Gasteiger partial charge in [0, 0.05) is 20.3 Å². The fourth-order valence-corrected chi connectivity index (χ4v) is 1.11. The minimum atomic E-state index is -1.21. The summed E-state index contributed by atoms with van der Waals surface area (Å²) in [5.41, 5.74) is 0. The van der Waals surface area contributed by atoms with Crippen LogP contribution in [0.15, 0.2) is 11.8 Å². The quantitative estimate of drug-likeness (QED) is 0.578. The Balaban J connectivity index is 2.83. The van der Waals surface area contributed by atoms with E-state index in [9.17, 15) is 4.79 Å². The maximum Gasteiger partial charge on any atom is 0.333 e. The highest BCUT2D eigenvalue weighted by Crippen LogP contribution is 2.26. The Kier molecular flexibility index (Phi) is 2.49. The van der Waals surface area contributed by atoms with Gasteiger partial charge in [0.15, 0.2) is 5.78 Å². The molecule has 1 heterocycles. The molecule has 0 radical (unpaired) electrons. The number of rotatable bonds is 2. The zero-order valence-corrected chi connectivity index (χ0v) is 7.42. The molecule has 0 aromatic carbocycles. The van der Waals surface area contributed by atoms with Gasteiger partial charge in [0.05, 0.1) is 0 Å². The van der Waals surface area contributed by atoms with Crippen LogP contribution in [-0.4, -0.2) is 26.0 Å². The first-order chi connectivity index (χ1) is 5.62. The number of hydrogen-bond acceptors (Lipinski definition) is 4. The summed E-state index contributed by atoms with van der Waals surface area (Å²) in [7, 11) is 2.88. The predicted molar refractivity (Wildman–Crippen MR) is 41.2 cm³/mol. The molecule has 0 saturated heterocycles. The van der Waals surface area contributed by atoms with Gasteiger partial charge in [0.2, 0.25) is 0 Å². The molecule has 0 aromatic heterocycles. The largest absolute Gasteiger partial charge is 0.443 e. The molecule has 0 amide bonds. The van der Waals surface area contributed by atoms with Crippen LogP contribution in [0.25, 0.3) is 0 Å². The van der Waals surface area contributed by atoms with Gasteiger partial charge in [-0.25, -0.2) is 0 Å². The molecule has 68 valence electrons. The molecule has 0 N–H and O–H groups in total. The van der Waals surface area contributed by atoms with Crippen molar-refractivity contribution < 1.29 is 19.0 Å². The summed E-state index contributed by atoms with van der Waals surface area (Å²) >= 11 is 0. The number of allylic oxidation sites excluding steroid dienone is 2. The third-order valence-electron chi connectivity index (χ3n) is 1.69. The number of ketones is 1. The van der Waals surface area contributed by atoms with E-state index in [1.54, 1.807) is 6.92 Å². The lowest BCUT2D eigenvalue weighted by molar-refractivity contribution is -0.346. The summed E-state index contributed by atoms with van der Waals surface area (Å²) in [5, 5.41) is 0. The van der Waals surface area contributed by atoms with Gasteiger partial charge in [0.25, 0.3) is 0 Å².